The van der Waals surface area contributed by atoms with Crippen LogP contribution in [0.4, 0.5) is 0 Å². The lowest BCUT2D eigenvalue weighted by Crippen LogP contribution is -2.13. The summed E-state index contributed by atoms with van der Waals surface area (Å²) in [7, 11) is 0. The summed E-state index contributed by atoms with van der Waals surface area (Å²) < 4.78 is 0. The Morgan fingerprint density at radius 2 is 2.00 bits per heavy atom. The van der Waals surface area contributed by atoms with Crippen molar-refractivity contribution in [1.29, 1.82) is 0 Å². The fourth-order valence-corrected chi connectivity index (χ4v) is 1.28. The van der Waals surface area contributed by atoms with Crippen LogP contribution >= 0.6 is 0 Å². The van der Waals surface area contributed by atoms with Crippen LogP contribution in [0.15, 0.2) is 53.9 Å². The van der Waals surface area contributed by atoms with E-state index in [1.165, 1.54) is 6.33 Å². The lowest BCUT2D eigenvalue weighted by molar-refractivity contribution is 0.961. The van der Waals surface area contributed by atoms with Crippen molar-refractivity contribution in [2.75, 3.05) is 0 Å². The third kappa shape index (κ3) is 2.63. The van der Waals surface area contributed by atoms with Gasteiger partial charge in [-0.1, -0.05) is 30.3 Å². The minimum Gasteiger partial charge on any atom is -0.383 e. The smallest absolute Gasteiger partial charge is 0.126 e. The highest BCUT2D eigenvalue weighted by atomic mass is 14.9. The Morgan fingerprint density at radius 1 is 1.19 bits per heavy atom. The fourth-order valence-electron chi connectivity index (χ4n) is 1.28. The summed E-state index contributed by atoms with van der Waals surface area (Å²) in [6.07, 6.45) is 3.19. The Morgan fingerprint density at radius 3 is 2.69 bits per heavy atom. The van der Waals surface area contributed by atoms with E-state index in [0.717, 1.165) is 11.3 Å². The molecule has 1 heterocycles. The molecule has 0 atom stereocenters. The van der Waals surface area contributed by atoms with E-state index in [2.05, 4.69) is 15.0 Å². The number of amidine groups is 1. The van der Waals surface area contributed by atoms with Crippen LogP contribution in [0.3, 0.4) is 0 Å². The molecule has 1 aromatic heterocycles. The molecular formula is C12H12N4. The molecule has 2 aromatic rings. The average Bonchev–Trinajstić information content (AvgIpc) is 2.38. The summed E-state index contributed by atoms with van der Waals surface area (Å²) in [5.41, 5.74) is 7.63. The predicted octanol–water partition coefficient (Wildman–Crippen LogP) is 1.38. The predicted molar refractivity (Wildman–Crippen MR) is 62.9 cm³/mol. The number of aromatic nitrogens is 2. The summed E-state index contributed by atoms with van der Waals surface area (Å²) in [5.74, 6) is 0.527. The second-order valence-electron chi connectivity index (χ2n) is 3.27. The first-order valence-electron chi connectivity index (χ1n) is 4.96. The topological polar surface area (TPSA) is 64.2 Å². The molecule has 0 amide bonds. The van der Waals surface area contributed by atoms with Crippen molar-refractivity contribution in [2.45, 2.75) is 6.54 Å². The molecule has 1 aromatic carbocycles. The second kappa shape index (κ2) is 5.02. The van der Waals surface area contributed by atoms with Crippen LogP contribution in [-0.4, -0.2) is 15.8 Å². The minimum atomic E-state index is 0.475. The Kier molecular flexibility index (Phi) is 3.23. The van der Waals surface area contributed by atoms with Gasteiger partial charge in [0.05, 0.1) is 12.2 Å². The van der Waals surface area contributed by atoms with Gasteiger partial charge in [-0.05, 0) is 6.07 Å². The second-order valence-corrected chi connectivity index (χ2v) is 3.27. The summed E-state index contributed by atoms with van der Waals surface area (Å²) in [4.78, 5) is 12.2. The minimum absolute atomic E-state index is 0.475. The molecule has 4 nitrogen and oxygen atoms in total. The average molecular weight is 212 g/mol. The molecule has 80 valence electrons. The van der Waals surface area contributed by atoms with Crippen molar-refractivity contribution in [3.05, 3.63) is 60.2 Å². The summed E-state index contributed by atoms with van der Waals surface area (Å²) in [5, 5.41) is 0. The highest BCUT2D eigenvalue weighted by Gasteiger charge is 1.96. The van der Waals surface area contributed by atoms with E-state index in [4.69, 9.17) is 5.73 Å². The molecule has 0 saturated carbocycles. The summed E-state index contributed by atoms with van der Waals surface area (Å²) in [6.45, 7) is 0.475. The molecule has 0 spiro atoms. The normalized spacial score (nSPS) is 11.4. The van der Waals surface area contributed by atoms with Gasteiger partial charge in [0.2, 0.25) is 0 Å². The van der Waals surface area contributed by atoms with Gasteiger partial charge < -0.3 is 5.73 Å². The monoisotopic (exact) mass is 212 g/mol. The highest BCUT2D eigenvalue weighted by molar-refractivity contribution is 5.97. The van der Waals surface area contributed by atoms with Crippen molar-refractivity contribution < 1.29 is 0 Å². The van der Waals surface area contributed by atoms with Gasteiger partial charge >= 0.3 is 0 Å². The molecule has 0 radical (unpaired) electrons. The zero-order valence-corrected chi connectivity index (χ0v) is 8.74. The summed E-state index contributed by atoms with van der Waals surface area (Å²) >= 11 is 0. The number of aliphatic imine (C=N–C) groups is 1. The molecule has 0 unspecified atom stereocenters. The van der Waals surface area contributed by atoms with Crippen molar-refractivity contribution in [2.24, 2.45) is 10.7 Å². The van der Waals surface area contributed by atoms with Crippen LogP contribution in [0.2, 0.25) is 0 Å². The number of hydrogen-bond acceptors (Lipinski definition) is 3. The largest absolute Gasteiger partial charge is 0.383 e. The number of benzene rings is 1. The zero-order chi connectivity index (χ0) is 11.2. The van der Waals surface area contributed by atoms with Crippen molar-refractivity contribution in [3.8, 4) is 0 Å². The third-order valence-corrected chi connectivity index (χ3v) is 2.12. The van der Waals surface area contributed by atoms with Crippen LogP contribution in [-0.2, 0) is 6.54 Å². The Balaban J connectivity index is 2.09. The number of nitrogens with two attached hydrogens (primary N) is 1. The number of hydrogen-bond donors (Lipinski definition) is 1. The lowest BCUT2D eigenvalue weighted by Gasteiger charge is -2.00. The lowest BCUT2D eigenvalue weighted by atomic mass is 10.2. The van der Waals surface area contributed by atoms with E-state index in [1.807, 2.05) is 36.4 Å². The molecular weight excluding hydrogens is 200 g/mol. The Bertz CT molecular complexity index is 465. The Hall–Kier alpha value is -2.23. The van der Waals surface area contributed by atoms with E-state index in [0.29, 0.717) is 12.4 Å². The van der Waals surface area contributed by atoms with Crippen LogP contribution in [0.25, 0.3) is 0 Å². The van der Waals surface area contributed by atoms with E-state index in [1.54, 1.807) is 6.20 Å². The standard InChI is InChI=1S/C12H12N4/c13-12(10-4-2-1-3-5-10)15-8-11-6-7-14-9-16-11/h1-7,9H,8H2,(H2,13,15). The summed E-state index contributed by atoms with van der Waals surface area (Å²) in [6, 6.07) is 11.5. The quantitative estimate of drug-likeness (QED) is 0.617. The molecule has 0 aliphatic rings. The zero-order valence-electron chi connectivity index (χ0n) is 8.74. The first-order valence-corrected chi connectivity index (χ1v) is 4.96. The molecule has 0 aliphatic heterocycles. The maximum Gasteiger partial charge on any atom is 0.126 e. The highest BCUT2D eigenvalue weighted by Crippen LogP contribution is 2.00. The number of nitrogens with zero attached hydrogens (tertiary/aromatic N) is 3. The third-order valence-electron chi connectivity index (χ3n) is 2.12. The Labute approximate surface area is 93.9 Å². The van der Waals surface area contributed by atoms with E-state index < -0.39 is 0 Å². The molecule has 2 rings (SSSR count). The first kappa shape index (κ1) is 10.3. The van der Waals surface area contributed by atoms with Crippen LogP contribution < -0.4 is 5.73 Å². The van der Waals surface area contributed by atoms with Gasteiger partial charge in [0, 0.05) is 11.8 Å². The number of rotatable bonds is 3. The molecule has 0 aliphatic carbocycles. The van der Waals surface area contributed by atoms with Crippen LogP contribution in [0.1, 0.15) is 11.3 Å². The maximum atomic E-state index is 5.85. The van der Waals surface area contributed by atoms with Gasteiger partial charge in [-0.2, -0.15) is 0 Å². The van der Waals surface area contributed by atoms with Gasteiger partial charge in [0.1, 0.15) is 12.2 Å². The maximum absolute atomic E-state index is 5.85. The van der Waals surface area contributed by atoms with Crippen molar-refractivity contribution >= 4 is 5.84 Å². The molecule has 0 saturated heterocycles. The van der Waals surface area contributed by atoms with E-state index in [-0.39, 0.29) is 0 Å². The van der Waals surface area contributed by atoms with Gasteiger partial charge in [-0.3, -0.25) is 4.99 Å². The fraction of sp³-hybridized carbons (Fsp3) is 0.0833. The molecule has 0 fully saturated rings. The van der Waals surface area contributed by atoms with Gasteiger partial charge in [-0.15, -0.1) is 0 Å². The van der Waals surface area contributed by atoms with E-state index >= 15 is 0 Å². The SMILES string of the molecule is NC(=NCc1ccncn1)c1ccccc1. The van der Waals surface area contributed by atoms with Crippen molar-refractivity contribution in [1.82, 2.24) is 9.97 Å². The van der Waals surface area contributed by atoms with Crippen LogP contribution in [0, 0.1) is 0 Å². The first-order chi connectivity index (χ1) is 7.86. The molecule has 4 heteroatoms. The molecule has 0 bridgehead atoms. The van der Waals surface area contributed by atoms with Gasteiger partial charge in [-0.25, -0.2) is 9.97 Å². The van der Waals surface area contributed by atoms with E-state index in [9.17, 15) is 0 Å². The van der Waals surface area contributed by atoms with Crippen molar-refractivity contribution in [3.63, 3.8) is 0 Å². The van der Waals surface area contributed by atoms with Crippen LogP contribution in [0.5, 0.6) is 0 Å². The van der Waals surface area contributed by atoms with Gasteiger partial charge in [0.15, 0.2) is 0 Å². The molecule has 2 N–H and O–H groups in total. The molecule has 16 heavy (non-hydrogen) atoms. The van der Waals surface area contributed by atoms with Gasteiger partial charge in [0.25, 0.3) is 0 Å².